The van der Waals surface area contributed by atoms with Crippen molar-refractivity contribution in [2.45, 2.75) is 18.7 Å². The van der Waals surface area contributed by atoms with E-state index in [1.165, 1.54) is 10.4 Å². The molecule has 2 heterocycles. The van der Waals surface area contributed by atoms with Gasteiger partial charge in [-0.1, -0.05) is 24.3 Å². The second-order valence-corrected chi connectivity index (χ2v) is 10.5. The number of aryl methyl sites for hydroxylation is 2. The molecule has 1 aliphatic heterocycles. The molecule has 6 nitrogen and oxygen atoms in total. The van der Waals surface area contributed by atoms with Crippen LogP contribution >= 0.6 is 11.3 Å². The maximum absolute atomic E-state index is 13.3. The minimum absolute atomic E-state index is 0.0764. The van der Waals surface area contributed by atoms with Crippen molar-refractivity contribution in [3.63, 3.8) is 0 Å². The lowest BCUT2D eigenvalue weighted by Crippen LogP contribution is -2.48. The number of hydrogen-bond acceptors (Lipinski definition) is 5. The summed E-state index contributed by atoms with van der Waals surface area (Å²) in [5.74, 6) is -0.401. The Labute approximate surface area is 187 Å². The monoisotopic (exact) mass is 455 g/mol. The summed E-state index contributed by atoms with van der Waals surface area (Å²) in [6.45, 7) is 5.89. The number of nitrogens with one attached hydrogen (secondary N) is 1. The van der Waals surface area contributed by atoms with E-state index >= 15 is 0 Å². The minimum atomic E-state index is -3.75. The third kappa shape index (κ3) is 4.66. The maximum Gasteiger partial charge on any atom is 0.267 e. The number of thiophene rings is 1. The van der Waals surface area contributed by atoms with Gasteiger partial charge < -0.3 is 10.2 Å². The number of amides is 1. The average molecular weight is 456 g/mol. The molecular formula is C23H25N3O3S2. The van der Waals surface area contributed by atoms with Crippen molar-refractivity contribution >= 4 is 38.6 Å². The van der Waals surface area contributed by atoms with E-state index in [1.807, 2.05) is 62.4 Å². The Balaban J connectivity index is 1.50. The summed E-state index contributed by atoms with van der Waals surface area (Å²) in [6, 6.07) is 17.3. The summed E-state index contributed by atoms with van der Waals surface area (Å²) >= 11 is 1.15. The number of piperazine rings is 1. The molecule has 0 unspecified atom stereocenters. The molecule has 1 N–H and O–H groups in total. The van der Waals surface area contributed by atoms with Crippen LogP contribution in [0.1, 0.15) is 20.8 Å². The SMILES string of the molecule is Cc1cc(C)cc(NC(=O)c2sccc2S(=O)(=O)N2CCN(c3ccccc3)CC2)c1. The molecule has 1 saturated heterocycles. The number of nitrogens with zero attached hydrogens (tertiary/aromatic N) is 2. The van der Waals surface area contributed by atoms with Gasteiger partial charge in [0.1, 0.15) is 9.77 Å². The van der Waals surface area contributed by atoms with E-state index < -0.39 is 15.9 Å². The molecule has 1 aromatic heterocycles. The number of anilines is 2. The predicted molar refractivity (Wildman–Crippen MR) is 126 cm³/mol. The summed E-state index contributed by atoms with van der Waals surface area (Å²) in [6.07, 6.45) is 0. The van der Waals surface area contributed by atoms with Crippen molar-refractivity contribution in [2.24, 2.45) is 0 Å². The Morgan fingerprint density at radius 2 is 1.58 bits per heavy atom. The Morgan fingerprint density at radius 1 is 0.935 bits per heavy atom. The highest BCUT2D eigenvalue weighted by molar-refractivity contribution is 7.89. The smallest absolute Gasteiger partial charge is 0.267 e. The Kier molecular flexibility index (Phi) is 6.13. The molecule has 0 saturated carbocycles. The Hall–Kier alpha value is -2.68. The predicted octanol–water partition coefficient (Wildman–Crippen LogP) is 4.13. The largest absolute Gasteiger partial charge is 0.369 e. The van der Waals surface area contributed by atoms with Crippen LogP contribution in [0.25, 0.3) is 0 Å². The van der Waals surface area contributed by atoms with E-state index in [2.05, 4.69) is 10.2 Å². The lowest BCUT2D eigenvalue weighted by molar-refractivity contribution is 0.102. The van der Waals surface area contributed by atoms with Crippen molar-refractivity contribution in [3.05, 3.63) is 76.0 Å². The first-order valence-corrected chi connectivity index (χ1v) is 12.4. The summed E-state index contributed by atoms with van der Waals surface area (Å²) in [4.78, 5) is 15.4. The molecule has 4 rings (SSSR count). The first kappa shape index (κ1) is 21.5. The van der Waals surface area contributed by atoms with Crippen LogP contribution in [-0.4, -0.2) is 44.8 Å². The fourth-order valence-corrected chi connectivity index (χ4v) is 6.58. The summed E-state index contributed by atoms with van der Waals surface area (Å²) in [5, 5.41) is 4.51. The zero-order valence-corrected chi connectivity index (χ0v) is 19.2. The van der Waals surface area contributed by atoms with Gasteiger partial charge in [0.15, 0.2) is 0 Å². The first-order valence-electron chi connectivity index (χ1n) is 10.1. The number of sulfonamides is 1. The van der Waals surface area contributed by atoms with Gasteiger partial charge in [-0.3, -0.25) is 4.79 Å². The van der Waals surface area contributed by atoms with Crippen molar-refractivity contribution in [1.82, 2.24) is 4.31 Å². The zero-order chi connectivity index (χ0) is 22.0. The van der Waals surface area contributed by atoms with E-state index in [1.54, 1.807) is 5.38 Å². The van der Waals surface area contributed by atoms with Gasteiger partial charge in [-0.05, 0) is 60.7 Å². The van der Waals surface area contributed by atoms with Crippen LogP contribution in [0.3, 0.4) is 0 Å². The summed E-state index contributed by atoms with van der Waals surface area (Å²) in [5.41, 5.74) is 3.82. The van der Waals surface area contributed by atoms with Crippen molar-refractivity contribution in [2.75, 3.05) is 36.4 Å². The lowest BCUT2D eigenvalue weighted by Gasteiger charge is -2.35. The van der Waals surface area contributed by atoms with Crippen LogP contribution in [0.2, 0.25) is 0 Å². The highest BCUT2D eigenvalue weighted by atomic mass is 32.2. The third-order valence-electron chi connectivity index (χ3n) is 5.29. The van der Waals surface area contributed by atoms with Crippen LogP contribution in [-0.2, 0) is 10.0 Å². The zero-order valence-electron chi connectivity index (χ0n) is 17.5. The van der Waals surface area contributed by atoms with Gasteiger partial charge in [-0.2, -0.15) is 4.31 Å². The molecule has 31 heavy (non-hydrogen) atoms. The number of para-hydroxylation sites is 1. The van der Waals surface area contributed by atoms with E-state index in [0.29, 0.717) is 31.9 Å². The van der Waals surface area contributed by atoms with E-state index in [0.717, 1.165) is 28.2 Å². The van der Waals surface area contributed by atoms with Crippen LogP contribution in [0.4, 0.5) is 11.4 Å². The summed E-state index contributed by atoms with van der Waals surface area (Å²) < 4.78 is 28.1. The maximum atomic E-state index is 13.3. The van der Waals surface area contributed by atoms with Gasteiger partial charge in [-0.25, -0.2) is 8.42 Å². The van der Waals surface area contributed by atoms with Crippen LogP contribution in [0.5, 0.6) is 0 Å². The molecule has 0 aliphatic carbocycles. The number of carbonyl (C=O) groups is 1. The highest BCUT2D eigenvalue weighted by Gasteiger charge is 2.32. The molecule has 1 fully saturated rings. The number of benzene rings is 2. The van der Waals surface area contributed by atoms with Crippen LogP contribution in [0, 0.1) is 13.8 Å². The Morgan fingerprint density at radius 3 is 2.23 bits per heavy atom. The molecule has 1 aliphatic rings. The standard InChI is InChI=1S/C23H25N3O3S2/c1-17-14-18(2)16-19(15-17)24-23(27)22-21(8-13-30-22)31(28,29)26-11-9-25(10-12-26)20-6-4-3-5-7-20/h3-8,13-16H,9-12H2,1-2H3,(H,24,27). The third-order valence-corrected chi connectivity index (χ3v) is 8.28. The molecule has 8 heteroatoms. The fraction of sp³-hybridized carbons (Fsp3) is 0.261. The number of rotatable bonds is 5. The molecule has 0 bridgehead atoms. The van der Waals surface area contributed by atoms with Gasteiger partial charge in [0, 0.05) is 37.6 Å². The minimum Gasteiger partial charge on any atom is -0.369 e. The van der Waals surface area contributed by atoms with E-state index in [4.69, 9.17) is 0 Å². The number of carbonyl (C=O) groups excluding carboxylic acids is 1. The number of hydrogen-bond donors (Lipinski definition) is 1. The topological polar surface area (TPSA) is 69.7 Å². The quantitative estimate of drug-likeness (QED) is 0.628. The van der Waals surface area contributed by atoms with Gasteiger partial charge in [0.05, 0.1) is 0 Å². The molecular weight excluding hydrogens is 430 g/mol. The molecule has 2 aromatic carbocycles. The molecule has 0 radical (unpaired) electrons. The van der Waals surface area contributed by atoms with Gasteiger partial charge in [-0.15, -0.1) is 11.3 Å². The van der Waals surface area contributed by atoms with Crippen molar-refractivity contribution in [1.29, 1.82) is 0 Å². The van der Waals surface area contributed by atoms with E-state index in [-0.39, 0.29) is 9.77 Å². The van der Waals surface area contributed by atoms with Crippen molar-refractivity contribution < 1.29 is 13.2 Å². The van der Waals surface area contributed by atoms with Crippen LogP contribution in [0.15, 0.2) is 64.9 Å². The first-order chi connectivity index (χ1) is 14.8. The molecule has 1 amide bonds. The second kappa shape index (κ2) is 8.82. The molecule has 3 aromatic rings. The molecule has 0 atom stereocenters. The van der Waals surface area contributed by atoms with Gasteiger partial charge >= 0.3 is 0 Å². The fourth-order valence-electron chi connectivity index (χ4n) is 3.87. The van der Waals surface area contributed by atoms with Gasteiger partial charge in [0.2, 0.25) is 10.0 Å². The highest BCUT2D eigenvalue weighted by Crippen LogP contribution is 2.28. The van der Waals surface area contributed by atoms with Crippen LogP contribution < -0.4 is 10.2 Å². The second-order valence-electron chi connectivity index (χ2n) is 7.67. The normalized spacial score (nSPS) is 15.1. The molecule has 162 valence electrons. The van der Waals surface area contributed by atoms with E-state index in [9.17, 15) is 13.2 Å². The average Bonchev–Trinajstić information content (AvgIpc) is 3.25. The summed E-state index contributed by atoms with van der Waals surface area (Å²) in [7, 11) is -3.75. The Bertz CT molecular complexity index is 1160. The van der Waals surface area contributed by atoms with Gasteiger partial charge in [0.25, 0.3) is 5.91 Å². The lowest BCUT2D eigenvalue weighted by atomic mass is 10.1. The molecule has 0 spiro atoms. The van der Waals surface area contributed by atoms with Crippen molar-refractivity contribution in [3.8, 4) is 0 Å².